The minimum atomic E-state index is -0.388. The Morgan fingerprint density at radius 2 is 1.95 bits per heavy atom. The number of nitro groups is 1. The Labute approximate surface area is 130 Å². The molecule has 0 amide bonds. The number of hydrogen-bond acceptors (Lipinski definition) is 4. The summed E-state index contributed by atoms with van der Waals surface area (Å²) in [6.45, 7) is 3.46. The molecule has 22 heavy (non-hydrogen) atoms. The van der Waals surface area contributed by atoms with Crippen molar-refractivity contribution in [1.82, 2.24) is 0 Å². The second kappa shape index (κ2) is 8.02. The van der Waals surface area contributed by atoms with Crippen LogP contribution in [0.4, 0.5) is 11.4 Å². The van der Waals surface area contributed by atoms with E-state index in [0.717, 1.165) is 36.4 Å². The van der Waals surface area contributed by atoms with Crippen molar-refractivity contribution >= 4 is 11.4 Å². The Hall–Kier alpha value is -2.56. The third-order valence-electron chi connectivity index (χ3n) is 3.31. The molecular weight excluding hydrogens is 280 g/mol. The predicted octanol–water partition coefficient (Wildman–Crippen LogP) is 4.17. The molecule has 0 saturated heterocycles. The van der Waals surface area contributed by atoms with Gasteiger partial charge < -0.3 is 10.1 Å². The first-order chi connectivity index (χ1) is 10.7. The molecule has 0 saturated carbocycles. The third-order valence-corrected chi connectivity index (χ3v) is 3.31. The smallest absolute Gasteiger partial charge is 0.271 e. The largest absolute Gasteiger partial charge is 0.493 e. The van der Waals surface area contributed by atoms with Crippen molar-refractivity contribution in [3.8, 4) is 5.75 Å². The van der Waals surface area contributed by atoms with Crippen LogP contribution in [0.15, 0.2) is 48.5 Å². The molecular formula is C17H20N2O3. The van der Waals surface area contributed by atoms with E-state index in [2.05, 4.69) is 5.32 Å². The predicted molar refractivity (Wildman–Crippen MR) is 87.5 cm³/mol. The molecule has 0 atom stereocenters. The minimum Gasteiger partial charge on any atom is -0.493 e. The van der Waals surface area contributed by atoms with E-state index < -0.39 is 0 Å². The molecule has 0 bridgehead atoms. The molecule has 0 aliphatic heterocycles. The quantitative estimate of drug-likeness (QED) is 0.451. The van der Waals surface area contributed by atoms with Crippen LogP contribution in [0, 0.1) is 17.0 Å². The highest BCUT2D eigenvalue weighted by Gasteiger charge is 2.04. The highest BCUT2D eigenvalue weighted by Crippen LogP contribution is 2.18. The van der Waals surface area contributed by atoms with Crippen molar-refractivity contribution in [2.75, 3.05) is 18.5 Å². The molecule has 0 aliphatic carbocycles. The number of aryl methyl sites for hydroxylation is 1. The maximum Gasteiger partial charge on any atom is 0.271 e. The first kappa shape index (κ1) is 15.8. The zero-order valence-corrected chi connectivity index (χ0v) is 12.6. The van der Waals surface area contributed by atoms with Crippen molar-refractivity contribution in [3.05, 3.63) is 64.2 Å². The van der Waals surface area contributed by atoms with E-state index in [4.69, 9.17) is 4.74 Å². The average Bonchev–Trinajstić information content (AvgIpc) is 2.52. The fourth-order valence-electron chi connectivity index (χ4n) is 2.09. The lowest BCUT2D eigenvalue weighted by atomic mass is 10.2. The van der Waals surface area contributed by atoms with Gasteiger partial charge in [0.15, 0.2) is 0 Å². The third kappa shape index (κ3) is 4.77. The molecule has 0 aliphatic rings. The maximum atomic E-state index is 10.7. The summed E-state index contributed by atoms with van der Waals surface area (Å²) in [6.07, 6.45) is 1.87. The first-order valence-corrected chi connectivity index (χ1v) is 7.33. The molecule has 0 spiro atoms. The molecule has 2 rings (SSSR count). The zero-order valence-electron chi connectivity index (χ0n) is 12.6. The van der Waals surface area contributed by atoms with Crippen LogP contribution in [-0.4, -0.2) is 18.1 Å². The topological polar surface area (TPSA) is 64.4 Å². The highest BCUT2D eigenvalue weighted by molar-refractivity contribution is 5.50. The molecule has 2 aromatic carbocycles. The molecule has 5 heteroatoms. The molecule has 5 nitrogen and oxygen atoms in total. The van der Waals surface area contributed by atoms with E-state index >= 15 is 0 Å². The number of benzene rings is 2. The van der Waals surface area contributed by atoms with Gasteiger partial charge in [0.1, 0.15) is 5.75 Å². The summed E-state index contributed by atoms with van der Waals surface area (Å²) in [7, 11) is 0. The van der Waals surface area contributed by atoms with Gasteiger partial charge in [-0.2, -0.15) is 0 Å². The summed E-state index contributed by atoms with van der Waals surface area (Å²) in [4.78, 5) is 10.3. The van der Waals surface area contributed by atoms with Crippen molar-refractivity contribution in [2.24, 2.45) is 0 Å². The summed E-state index contributed by atoms with van der Waals surface area (Å²) in [5, 5.41) is 13.9. The fourth-order valence-corrected chi connectivity index (χ4v) is 2.09. The van der Waals surface area contributed by atoms with Gasteiger partial charge in [0.2, 0.25) is 0 Å². The summed E-state index contributed by atoms with van der Waals surface area (Å²) >= 11 is 0. The normalized spacial score (nSPS) is 10.2. The molecule has 0 heterocycles. The second-order valence-electron chi connectivity index (χ2n) is 5.06. The summed E-state index contributed by atoms with van der Waals surface area (Å²) < 4.78 is 5.72. The molecule has 0 unspecified atom stereocenters. The number of rotatable bonds is 8. The van der Waals surface area contributed by atoms with Crippen LogP contribution in [0.2, 0.25) is 0 Å². The monoisotopic (exact) mass is 300 g/mol. The second-order valence-corrected chi connectivity index (χ2v) is 5.06. The number of non-ortho nitro benzene ring substituents is 1. The van der Waals surface area contributed by atoms with E-state index in [9.17, 15) is 10.1 Å². The molecule has 2 aromatic rings. The Morgan fingerprint density at radius 3 is 2.73 bits per heavy atom. The van der Waals surface area contributed by atoms with E-state index in [1.165, 1.54) is 6.07 Å². The number of anilines is 1. The molecule has 0 radical (unpaired) electrons. The van der Waals surface area contributed by atoms with Crippen molar-refractivity contribution in [2.45, 2.75) is 19.8 Å². The number of para-hydroxylation sites is 1. The lowest BCUT2D eigenvalue weighted by molar-refractivity contribution is -0.384. The van der Waals surface area contributed by atoms with Crippen LogP contribution in [0.3, 0.4) is 0 Å². The summed E-state index contributed by atoms with van der Waals surface area (Å²) in [6, 6.07) is 14.5. The molecule has 0 aromatic heterocycles. The number of nitrogens with one attached hydrogen (secondary N) is 1. The Balaban J connectivity index is 1.66. The van der Waals surface area contributed by atoms with E-state index in [0.29, 0.717) is 6.61 Å². The lowest BCUT2D eigenvalue weighted by Gasteiger charge is -2.09. The van der Waals surface area contributed by atoms with Crippen LogP contribution >= 0.6 is 0 Å². The maximum absolute atomic E-state index is 10.7. The van der Waals surface area contributed by atoms with E-state index in [1.807, 2.05) is 37.3 Å². The van der Waals surface area contributed by atoms with Crippen molar-refractivity contribution < 1.29 is 9.66 Å². The van der Waals surface area contributed by atoms with Crippen molar-refractivity contribution in [1.29, 1.82) is 0 Å². The van der Waals surface area contributed by atoms with E-state index in [1.54, 1.807) is 12.1 Å². The Kier molecular flexibility index (Phi) is 5.77. The molecule has 0 fully saturated rings. The molecule has 1 N–H and O–H groups in total. The van der Waals surface area contributed by atoms with Gasteiger partial charge >= 0.3 is 0 Å². The SMILES string of the molecule is Cc1ccccc1OCCCCNc1cccc([N+](=O)[O-])c1. The van der Waals surface area contributed by atoms with Gasteiger partial charge in [-0.25, -0.2) is 0 Å². The lowest BCUT2D eigenvalue weighted by Crippen LogP contribution is -2.05. The number of nitrogens with zero attached hydrogens (tertiary/aromatic N) is 1. The van der Waals surface area contributed by atoms with Gasteiger partial charge in [0, 0.05) is 24.4 Å². The summed E-state index contributed by atoms with van der Waals surface area (Å²) in [5.74, 6) is 0.925. The minimum absolute atomic E-state index is 0.105. The van der Waals surface area contributed by atoms with Gasteiger partial charge in [-0.1, -0.05) is 24.3 Å². The fraction of sp³-hybridized carbons (Fsp3) is 0.294. The van der Waals surface area contributed by atoms with Crippen LogP contribution < -0.4 is 10.1 Å². The van der Waals surface area contributed by atoms with Gasteiger partial charge in [0.05, 0.1) is 11.5 Å². The Bertz CT molecular complexity index is 629. The molecule has 116 valence electrons. The number of hydrogen-bond donors (Lipinski definition) is 1. The van der Waals surface area contributed by atoms with Crippen LogP contribution in [0.5, 0.6) is 5.75 Å². The van der Waals surface area contributed by atoms with Gasteiger partial charge in [-0.3, -0.25) is 10.1 Å². The van der Waals surface area contributed by atoms with Crippen LogP contribution in [-0.2, 0) is 0 Å². The van der Waals surface area contributed by atoms with Crippen LogP contribution in [0.1, 0.15) is 18.4 Å². The number of ether oxygens (including phenoxy) is 1. The number of nitro benzene ring substituents is 1. The average molecular weight is 300 g/mol. The first-order valence-electron chi connectivity index (χ1n) is 7.33. The zero-order chi connectivity index (χ0) is 15.8. The van der Waals surface area contributed by atoms with Crippen LogP contribution in [0.25, 0.3) is 0 Å². The van der Waals surface area contributed by atoms with E-state index in [-0.39, 0.29) is 10.6 Å². The summed E-state index contributed by atoms with van der Waals surface area (Å²) in [5.41, 5.74) is 2.01. The van der Waals surface area contributed by atoms with Gasteiger partial charge in [0.25, 0.3) is 5.69 Å². The number of unbranched alkanes of at least 4 members (excludes halogenated alkanes) is 1. The van der Waals surface area contributed by atoms with Gasteiger partial charge in [-0.05, 0) is 37.5 Å². The standard InChI is InChI=1S/C17H20N2O3/c1-14-7-2-3-10-17(14)22-12-5-4-11-18-15-8-6-9-16(13-15)19(20)21/h2-3,6-10,13,18H,4-5,11-12H2,1H3. The highest BCUT2D eigenvalue weighted by atomic mass is 16.6. The van der Waals surface area contributed by atoms with Gasteiger partial charge in [-0.15, -0.1) is 0 Å². The Morgan fingerprint density at radius 1 is 1.14 bits per heavy atom. The van der Waals surface area contributed by atoms with Crippen molar-refractivity contribution in [3.63, 3.8) is 0 Å².